The fraction of sp³-hybridized carbons (Fsp3) is 0.0556. The molecule has 0 aliphatic heterocycles. The summed E-state index contributed by atoms with van der Waals surface area (Å²) < 4.78 is 5.83. The summed E-state index contributed by atoms with van der Waals surface area (Å²) in [4.78, 5) is 8.95. The summed E-state index contributed by atoms with van der Waals surface area (Å²) in [6, 6.07) is 15.5. The Morgan fingerprint density at radius 1 is 1.00 bits per heavy atom. The monoisotopic (exact) mass is 330 g/mol. The molecule has 2 aromatic heterocycles. The predicted molar refractivity (Wildman–Crippen MR) is 93.4 cm³/mol. The van der Waals surface area contributed by atoms with Gasteiger partial charge in [0, 0.05) is 0 Å². The minimum atomic E-state index is 0.358. The number of hydrogen-bond acceptors (Lipinski definition) is 6. The molecule has 0 saturated carbocycles. The van der Waals surface area contributed by atoms with Crippen molar-refractivity contribution in [2.24, 2.45) is 0 Å². The summed E-state index contributed by atoms with van der Waals surface area (Å²) in [5.41, 5.74) is 3.51. The van der Waals surface area contributed by atoms with Gasteiger partial charge in [0.2, 0.25) is 0 Å². The summed E-state index contributed by atoms with van der Waals surface area (Å²) in [5, 5.41) is 13.5. The van der Waals surface area contributed by atoms with Crippen molar-refractivity contribution >= 4 is 23.2 Å². The topological polar surface area (TPSA) is 89.5 Å². The van der Waals surface area contributed by atoms with E-state index >= 15 is 0 Å². The minimum absolute atomic E-state index is 0.358. The van der Waals surface area contributed by atoms with Crippen molar-refractivity contribution < 1.29 is 4.74 Å². The lowest BCUT2D eigenvalue weighted by Crippen LogP contribution is -1.99. The minimum Gasteiger partial charge on any atom is -0.487 e. The number of benzene rings is 2. The van der Waals surface area contributed by atoms with Gasteiger partial charge in [0.25, 0.3) is 0 Å². The van der Waals surface area contributed by atoms with Crippen LogP contribution in [0.25, 0.3) is 23.2 Å². The first-order valence-corrected chi connectivity index (χ1v) is 7.72. The molecule has 25 heavy (non-hydrogen) atoms. The van der Waals surface area contributed by atoms with E-state index in [9.17, 15) is 0 Å². The Hall–Kier alpha value is -3.61. The molecule has 7 nitrogen and oxygen atoms in total. The van der Waals surface area contributed by atoms with Gasteiger partial charge in [-0.15, -0.1) is 5.10 Å². The standard InChI is InChI=1S/C18H14N6O/c1-2-7-17-16(6-1)19-11-14(20-17)12-25-15-5-3-4-13(10-15)8-9-18-21-23-24-22-18/h1-11H,12H2,(H,21,22,23,24)/b9-8+. The van der Waals surface area contributed by atoms with Crippen molar-refractivity contribution in [3.05, 3.63) is 71.8 Å². The highest BCUT2D eigenvalue weighted by atomic mass is 16.5. The van der Waals surface area contributed by atoms with E-state index in [1.54, 1.807) is 12.3 Å². The van der Waals surface area contributed by atoms with Crippen molar-refractivity contribution in [2.45, 2.75) is 6.61 Å². The molecule has 2 aromatic carbocycles. The molecule has 0 bridgehead atoms. The highest BCUT2D eigenvalue weighted by Crippen LogP contribution is 2.17. The first-order chi connectivity index (χ1) is 12.4. The van der Waals surface area contributed by atoms with Crippen LogP contribution in [0.15, 0.2) is 54.7 Å². The molecular formula is C18H14N6O. The Bertz CT molecular complexity index is 1010. The van der Waals surface area contributed by atoms with E-state index in [-0.39, 0.29) is 0 Å². The zero-order valence-corrected chi connectivity index (χ0v) is 13.2. The fourth-order valence-corrected chi connectivity index (χ4v) is 2.34. The van der Waals surface area contributed by atoms with Crippen molar-refractivity contribution in [1.29, 1.82) is 0 Å². The number of ether oxygens (including phenoxy) is 1. The van der Waals surface area contributed by atoms with Crippen molar-refractivity contribution in [3.8, 4) is 5.75 Å². The second-order valence-corrected chi connectivity index (χ2v) is 5.33. The number of para-hydroxylation sites is 2. The second-order valence-electron chi connectivity index (χ2n) is 5.33. The number of H-pyrrole nitrogens is 1. The van der Waals surface area contributed by atoms with E-state index in [1.165, 1.54) is 0 Å². The van der Waals surface area contributed by atoms with Crippen LogP contribution < -0.4 is 4.74 Å². The number of nitrogens with one attached hydrogen (secondary N) is 1. The van der Waals surface area contributed by atoms with Gasteiger partial charge < -0.3 is 4.74 Å². The molecule has 0 aliphatic carbocycles. The third-order valence-electron chi connectivity index (χ3n) is 3.54. The second kappa shape index (κ2) is 6.88. The molecule has 0 atom stereocenters. The maximum Gasteiger partial charge on any atom is 0.172 e. The summed E-state index contributed by atoms with van der Waals surface area (Å²) >= 11 is 0. The Kier molecular flexibility index (Phi) is 4.11. The lowest BCUT2D eigenvalue weighted by atomic mass is 10.2. The van der Waals surface area contributed by atoms with E-state index in [2.05, 4.69) is 30.6 Å². The molecule has 1 N–H and O–H groups in total. The SMILES string of the molecule is C(=C\c1nnn[nH]1)/c1cccc(OCc2cnc3ccccc3n2)c1. The Balaban J connectivity index is 1.46. The van der Waals surface area contributed by atoms with Crippen LogP contribution in [-0.2, 0) is 6.61 Å². The van der Waals surface area contributed by atoms with E-state index in [0.717, 1.165) is 28.0 Å². The summed E-state index contributed by atoms with van der Waals surface area (Å²) in [5.74, 6) is 1.35. The Morgan fingerprint density at radius 2 is 1.92 bits per heavy atom. The van der Waals surface area contributed by atoms with Crippen LogP contribution in [0.2, 0.25) is 0 Å². The van der Waals surface area contributed by atoms with Crippen molar-refractivity contribution in [1.82, 2.24) is 30.6 Å². The van der Waals surface area contributed by atoms with E-state index in [0.29, 0.717) is 12.4 Å². The summed E-state index contributed by atoms with van der Waals surface area (Å²) in [7, 11) is 0. The third kappa shape index (κ3) is 3.66. The molecule has 7 heteroatoms. The highest BCUT2D eigenvalue weighted by molar-refractivity contribution is 5.73. The molecule has 0 spiro atoms. The summed E-state index contributed by atoms with van der Waals surface area (Å²) in [6.07, 6.45) is 5.45. The zero-order valence-electron chi connectivity index (χ0n) is 13.2. The smallest absolute Gasteiger partial charge is 0.172 e. The number of tetrazole rings is 1. The number of aromatic amines is 1. The predicted octanol–water partition coefficient (Wildman–Crippen LogP) is 2.89. The van der Waals surface area contributed by atoms with Crippen LogP contribution in [-0.4, -0.2) is 30.6 Å². The molecule has 0 amide bonds. The van der Waals surface area contributed by atoms with Gasteiger partial charge in [0.15, 0.2) is 5.82 Å². The van der Waals surface area contributed by atoms with Crippen molar-refractivity contribution in [3.63, 3.8) is 0 Å². The molecular weight excluding hydrogens is 316 g/mol. The van der Waals surface area contributed by atoms with Gasteiger partial charge in [-0.2, -0.15) is 0 Å². The first-order valence-electron chi connectivity index (χ1n) is 7.72. The number of fused-ring (bicyclic) bond motifs is 1. The quantitative estimate of drug-likeness (QED) is 0.605. The number of nitrogens with zero attached hydrogens (tertiary/aromatic N) is 5. The highest BCUT2D eigenvalue weighted by Gasteiger charge is 2.01. The van der Waals surface area contributed by atoms with Crippen LogP contribution in [0.1, 0.15) is 17.1 Å². The number of rotatable bonds is 5. The van der Waals surface area contributed by atoms with Gasteiger partial charge in [0.1, 0.15) is 12.4 Å². The van der Waals surface area contributed by atoms with E-state index in [1.807, 2.05) is 54.6 Å². The summed E-state index contributed by atoms with van der Waals surface area (Å²) in [6.45, 7) is 0.358. The molecule has 0 radical (unpaired) electrons. The van der Waals surface area contributed by atoms with E-state index < -0.39 is 0 Å². The van der Waals surface area contributed by atoms with Crippen LogP contribution in [0, 0.1) is 0 Å². The van der Waals surface area contributed by atoms with Gasteiger partial charge in [-0.3, -0.25) is 4.98 Å². The largest absolute Gasteiger partial charge is 0.487 e. The van der Waals surface area contributed by atoms with Crippen LogP contribution in [0.3, 0.4) is 0 Å². The molecule has 0 fully saturated rings. The average molecular weight is 330 g/mol. The number of aromatic nitrogens is 6. The molecule has 0 aliphatic rings. The molecule has 122 valence electrons. The molecule has 0 unspecified atom stereocenters. The van der Waals surface area contributed by atoms with Crippen LogP contribution in [0.4, 0.5) is 0 Å². The van der Waals surface area contributed by atoms with Gasteiger partial charge in [-0.05, 0) is 46.3 Å². The number of hydrogen-bond donors (Lipinski definition) is 1. The molecule has 4 aromatic rings. The normalized spacial score (nSPS) is 11.2. The lowest BCUT2D eigenvalue weighted by molar-refractivity contribution is 0.301. The molecule has 0 saturated heterocycles. The maximum absolute atomic E-state index is 5.83. The zero-order chi connectivity index (χ0) is 16.9. The molecule has 4 rings (SSSR count). The van der Waals surface area contributed by atoms with Gasteiger partial charge in [-0.25, -0.2) is 10.1 Å². The maximum atomic E-state index is 5.83. The van der Waals surface area contributed by atoms with E-state index in [4.69, 9.17) is 4.74 Å². The fourth-order valence-electron chi connectivity index (χ4n) is 2.34. The Morgan fingerprint density at radius 3 is 2.80 bits per heavy atom. The lowest BCUT2D eigenvalue weighted by Gasteiger charge is -2.07. The molecule has 2 heterocycles. The van der Waals surface area contributed by atoms with Gasteiger partial charge >= 0.3 is 0 Å². The van der Waals surface area contributed by atoms with Crippen LogP contribution in [0.5, 0.6) is 5.75 Å². The first kappa shape index (κ1) is 14.9. The van der Waals surface area contributed by atoms with Crippen LogP contribution >= 0.6 is 0 Å². The van der Waals surface area contributed by atoms with Gasteiger partial charge in [0.05, 0.1) is 22.9 Å². The van der Waals surface area contributed by atoms with Gasteiger partial charge in [-0.1, -0.05) is 30.3 Å². The van der Waals surface area contributed by atoms with Crippen molar-refractivity contribution in [2.75, 3.05) is 0 Å². The third-order valence-corrected chi connectivity index (χ3v) is 3.54. The Labute approximate surface area is 143 Å². The average Bonchev–Trinajstić information content (AvgIpc) is 3.19.